The Kier molecular flexibility index (Phi) is 5.66. The first-order chi connectivity index (χ1) is 8.17. The molecular weight excluding hydrogens is 216 g/mol. The molecule has 4 heteroatoms. The van der Waals surface area contributed by atoms with E-state index in [1.165, 1.54) is 0 Å². The van der Waals surface area contributed by atoms with Gasteiger partial charge in [0.15, 0.2) is 0 Å². The molecule has 0 aliphatic carbocycles. The summed E-state index contributed by atoms with van der Waals surface area (Å²) < 4.78 is 0. The third kappa shape index (κ3) is 4.54. The lowest BCUT2D eigenvalue weighted by molar-refractivity contribution is -0.123. The number of rotatable bonds is 6. The number of amides is 1. The van der Waals surface area contributed by atoms with Crippen molar-refractivity contribution in [1.29, 1.82) is 0 Å². The van der Waals surface area contributed by atoms with E-state index in [0.717, 1.165) is 5.56 Å². The number of hydrogen-bond acceptors (Lipinski definition) is 3. The predicted molar refractivity (Wildman–Crippen MR) is 67.4 cm³/mol. The van der Waals surface area contributed by atoms with E-state index >= 15 is 0 Å². The molecule has 94 valence electrons. The van der Waals surface area contributed by atoms with E-state index in [9.17, 15) is 4.79 Å². The molecule has 0 bridgehead atoms. The van der Waals surface area contributed by atoms with Gasteiger partial charge in [0.05, 0.1) is 18.7 Å². The first-order valence-electron chi connectivity index (χ1n) is 5.88. The van der Waals surface area contributed by atoms with Crippen molar-refractivity contribution in [2.45, 2.75) is 31.8 Å². The molecule has 0 fully saturated rings. The third-order valence-corrected chi connectivity index (χ3v) is 2.69. The van der Waals surface area contributed by atoms with E-state index in [1.807, 2.05) is 37.3 Å². The number of nitrogens with two attached hydrogens (primary N) is 1. The number of benzene rings is 1. The second-order valence-corrected chi connectivity index (χ2v) is 4.09. The van der Waals surface area contributed by atoms with Gasteiger partial charge in [0.1, 0.15) is 0 Å². The monoisotopic (exact) mass is 236 g/mol. The Hall–Kier alpha value is -1.39. The molecule has 17 heavy (non-hydrogen) atoms. The molecule has 1 aromatic rings. The Morgan fingerprint density at radius 1 is 1.41 bits per heavy atom. The number of nitrogens with one attached hydrogen (secondary N) is 1. The van der Waals surface area contributed by atoms with Gasteiger partial charge in [0.2, 0.25) is 5.91 Å². The fourth-order valence-electron chi connectivity index (χ4n) is 1.55. The summed E-state index contributed by atoms with van der Waals surface area (Å²) >= 11 is 0. The summed E-state index contributed by atoms with van der Waals surface area (Å²) in [4.78, 5) is 11.7. The molecule has 1 rings (SSSR count). The van der Waals surface area contributed by atoms with Crippen molar-refractivity contribution in [3.05, 3.63) is 35.9 Å². The zero-order valence-electron chi connectivity index (χ0n) is 10.1. The van der Waals surface area contributed by atoms with Crippen LogP contribution in [-0.2, 0) is 11.2 Å². The van der Waals surface area contributed by atoms with E-state index in [4.69, 9.17) is 10.8 Å². The lowest BCUT2D eigenvalue weighted by atomic mass is 10.1. The fraction of sp³-hybridized carbons (Fsp3) is 0.462. The van der Waals surface area contributed by atoms with Crippen LogP contribution < -0.4 is 11.1 Å². The minimum Gasteiger partial charge on any atom is -0.394 e. The Labute approximate surface area is 102 Å². The average molecular weight is 236 g/mol. The summed E-state index contributed by atoms with van der Waals surface area (Å²) in [6.45, 7) is 1.85. The first kappa shape index (κ1) is 13.7. The van der Waals surface area contributed by atoms with E-state index in [2.05, 4.69) is 5.32 Å². The molecule has 2 atom stereocenters. The fourth-order valence-corrected chi connectivity index (χ4v) is 1.55. The predicted octanol–water partition coefficient (Wildman–Crippen LogP) is 0.444. The van der Waals surface area contributed by atoms with Gasteiger partial charge in [-0.2, -0.15) is 0 Å². The van der Waals surface area contributed by atoms with Crippen LogP contribution in [0, 0.1) is 0 Å². The summed E-state index contributed by atoms with van der Waals surface area (Å²) in [5.41, 5.74) is 6.85. The van der Waals surface area contributed by atoms with Crippen LogP contribution >= 0.6 is 0 Å². The number of aliphatic hydroxyl groups is 1. The van der Waals surface area contributed by atoms with E-state index in [1.54, 1.807) is 0 Å². The van der Waals surface area contributed by atoms with E-state index in [0.29, 0.717) is 12.8 Å². The molecule has 0 aliphatic rings. The van der Waals surface area contributed by atoms with Crippen LogP contribution in [0.1, 0.15) is 18.9 Å². The van der Waals surface area contributed by atoms with Gasteiger partial charge >= 0.3 is 0 Å². The smallest absolute Gasteiger partial charge is 0.237 e. The molecule has 0 heterocycles. The van der Waals surface area contributed by atoms with Crippen molar-refractivity contribution in [3.63, 3.8) is 0 Å². The summed E-state index contributed by atoms with van der Waals surface area (Å²) in [5.74, 6) is -0.213. The van der Waals surface area contributed by atoms with Crippen molar-refractivity contribution in [2.75, 3.05) is 6.61 Å². The molecule has 0 unspecified atom stereocenters. The lowest BCUT2D eigenvalue weighted by Gasteiger charge is -2.17. The summed E-state index contributed by atoms with van der Waals surface area (Å²) in [6.07, 6.45) is 1.20. The number of aliphatic hydroxyl groups excluding tert-OH is 1. The normalized spacial score (nSPS) is 14.1. The average Bonchev–Trinajstić information content (AvgIpc) is 2.36. The molecule has 0 spiro atoms. The number of carbonyl (C=O) groups excluding carboxylic acids is 1. The summed E-state index contributed by atoms with van der Waals surface area (Å²) in [5, 5.41) is 11.7. The van der Waals surface area contributed by atoms with Crippen molar-refractivity contribution >= 4 is 5.91 Å². The van der Waals surface area contributed by atoms with Gasteiger partial charge in [-0.05, 0) is 18.4 Å². The third-order valence-electron chi connectivity index (χ3n) is 2.69. The van der Waals surface area contributed by atoms with Crippen molar-refractivity contribution < 1.29 is 9.90 Å². The van der Waals surface area contributed by atoms with Crippen molar-refractivity contribution in [3.8, 4) is 0 Å². The van der Waals surface area contributed by atoms with Gasteiger partial charge in [0, 0.05) is 0 Å². The highest BCUT2D eigenvalue weighted by atomic mass is 16.3. The highest BCUT2D eigenvalue weighted by Crippen LogP contribution is 2.02. The molecule has 0 radical (unpaired) electrons. The molecule has 0 saturated heterocycles. The summed E-state index contributed by atoms with van der Waals surface area (Å²) in [6, 6.07) is 8.87. The maximum absolute atomic E-state index is 11.7. The Morgan fingerprint density at radius 2 is 2.06 bits per heavy atom. The highest BCUT2D eigenvalue weighted by Gasteiger charge is 2.16. The lowest BCUT2D eigenvalue weighted by Crippen LogP contribution is -2.47. The second kappa shape index (κ2) is 7.04. The van der Waals surface area contributed by atoms with Gasteiger partial charge in [-0.1, -0.05) is 37.3 Å². The van der Waals surface area contributed by atoms with Crippen LogP contribution in [0.2, 0.25) is 0 Å². The molecule has 4 N–H and O–H groups in total. The first-order valence-corrected chi connectivity index (χ1v) is 5.88. The standard InChI is InChI=1S/C13H20N2O2/c1-2-11(9-16)15-13(17)12(14)8-10-6-4-3-5-7-10/h3-7,11-12,16H,2,8-9,14H2,1H3,(H,15,17)/t11-,12+/m0/s1. The molecular formula is C13H20N2O2. The van der Waals surface area contributed by atoms with Crippen LogP contribution in [-0.4, -0.2) is 29.7 Å². The van der Waals surface area contributed by atoms with Crippen LogP contribution in [0.3, 0.4) is 0 Å². The highest BCUT2D eigenvalue weighted by molar-refractivity contribution is 5.82. The molecule has 0 aliphatic heterocycles. The van der Waals surface area contributed by atoms with Crippen molar-refractivity contribution in [2.24, 2.45) is 5.73 Å². The zero-order valence-corrected chi connectivity index (χ0v) is 10.1. The quantitative estimate of drug-likeness (QED) is 0.671. The number of hydrogen-bond donors (Lipinski definition) is 3. The van der Waals surface area contributed by atoms with Crippen LogP contribution in [0.4, 0.5) is 0 Å². The maximum atomic E-state index is 11.7. The minimum absolute atomic E-state index is 0.0553. The maximum Gasteiger partial charge on any atom is 0.237 e. The molecule has 0 aromatic heterocycles. The topological polar surface area (TPSA) is 75.3 Å². The molecule has 1 amide bonds. The van der Waals surface area contributed by atoms with Gasteiger partial charge in [-0.25, -0.2) is 0 Å². The zero-order chi connectivity index (χ0) is 12.7. The molecule has 4 nitrogen and oxygen atoms in total. The van der Waals surface area contributed by atoms with E-state index in [-0.39, 0.29) is 18.6 Å². The Morgan fingerprint density at radius 3 is 2.59 bits per heavy atom. The van der Waals surface area contributed by atoms with Gasteiger partial charge < -0.3 is 16.2 Å². The van der Waals surface area contributed by atoms with Gasteiger partial charge in [-0.15, -0.1) is 0 Å². The number of carbonyl (C=O) groups is 1. The Bertz CT molecular complexity index is 337. The summed E-state index contributed by atoms with van der Waals surface area (Å²) in [7, 11) is 0. The second-order valence-electron chi connectivity index (χ2n) is 4.09. The molecule has 0 saturated carbocycles. The van der Waals surface area contributed by atoms with Gasteiger partial charge in [-0.3, -0.25) is 4.79 Å². The molecule has 1 aromatic carbocycles. The van der Waals surface area contributed by atoms with Crippen molar-refractivity contribution in [1.82, 2.24) is 5.32 Å². The van der Waals surface area contributed by atoms with E-state index < -0.39 is 6.04 Å². The van der Waals surface area contributed by atoms with Crippen LogP contribution in [0.5, 0.6) is 0 Å². The van der Waals surface area contributed by atoms with Crippen LogP contribution in [0.15, 0.2) is 30.3 Å². The van der Waals surface area contributed by atoms with Gasteiger partial charge in [0.25, 0.3) is 0 Å². The SMILES string of the molecule is CC[C@@H](CO)NC(=O)[C@H](N)Cc1ccccc1. The Balaban J connectivity index is 2.47. The largest absolute Gasteiger partial charge is 0.394 e. The van der Waals surface area contributed by atoms with Crippen LogP contribution in [0.25, 0.3) is 0 Å². The minimum atomic E-state index is -0.571.